The molecule has 0 unspecified atom stereocenters. The number of hydrogen-bond donors (Lipinski definition) is 0. The highest BCUT2D eigenvalue weighted by molar-refractivity contribution is 7.93. The molecule has 0 spiro atoms. The van der Waals surface area contributed by atoms with E-state index in [1.165, 1.54) is 6.08 Å². The largest absolute Gasteiger partial charge is 0.289 e. The van der Waals surface area contributed by atoms with Crippen LogP contribution in [-0.2, 0) is 9.84 Å². The Morgan fingerprint density at radius 3 is 2.00 bits per heavy atom. The van der Waals surface area contributed by atoms with Gasteiger partial charge in [-0.25, -0.2) is 8.42 Å². The van der Waals surface area contributed by atoms with Gasteiger partial charge in [-0.2, -0.15) is 0 Å². The Hall–Kier alpha value is -2.20. The Kier molecular flexibility index (Phi) is 4.15. The van der Waals surface area contributed by atoms with Gasteiger partial charge in [-0.15, -0.1) is 0 Å². The van der Waals surface area contributed by atoms with E-state index in [1.54, 1.807) is 36.4 Å². The van der Waals surface area contributed by atoms with Gasteiger partial charge in [-0.05, 0) is 11.6 Å². The Balaban J connectivity index is 2.21. The Bertz CT molecular complexity index is 727. The highest BCUT2D eigenvalue weighted by Crippen LogP contribution is 2.12. The van der Waals surface area contributed by atoms with Crippen LogP contribution in [-0.4, -0.2) is 20.5 Å². The number of benzene rings is 2. The summed E-state index contributed by atoms with van der Waals surface area (Å²) in [6.07, 6.45) is 2.64. The molecule has 0 N–H and O–H groups in total. The van der Waals surface area contributed by atoms with Gasteiger partial charge >= 0.3 is 0 Å². The van der Waals surface area contributed by atoms with Crippen LogP contribution in [0.25, 0.3) is 6.08 Å². The van der Waals surface area contributed by atoms with E-state index in [4.69, 9.17) is 0 Å². The lowest BCUT2D eigenvalue weighted by molar-refractivity contribution is 0.103. The Morgan fingerprint density at radius 1 is 0.900 bits per heavy atom. The van der Waals surface area contributed by atoms with Gasteiger partial charge in [-0.1, -0.05) is 54.6 Å². The van der Waals surface area contributed by atoms with Crippen molar-refractivity contribution in [1.29, 1.82) is 0 Å². The lowest BCUT2D eigenvalue weighted by atomic mass is 10.0. The second-order valence-electron chi connectivity index (χ2n) is 4.45. The molecule has 2 aromatic carbocycles. The standard InChI is InChI=1S/C16H14O3S/c1-20(18,19)12-11-13-7-9-15(10-8-13)16(17)14-5-3-2-4-6-14/h2-12H,1H3. The van der Waals surface area contributed by atoms with E-state index in [9.17, 15) is 13.2 Å². The first-order chi connectivity index (χ1) is 9.46. The molecular formula is C16H14O3S. The average molecular weight is 286 g/mol. The van der Waals surface area contributed by atoms with E-state index in [0.29, 0.717) is 11.1 Å². The number of hydrogen-bond acceptors (Lipinski definition) is 3. The van der Waals surface area contributed by atoms with Crippen LogP contribution in [0, 0.1) is 0 Å². The van der Waals surface area contributed by atoms with Crippen LogP contribution < -0.4 is 0 Å². The molecule has 2 aromatic rings. The maximum absolute atomic E-state index is 12.2. The zero-order valence-corrected chi connectivity index (χ0v) is 11.8. The first-order valence-electron chi connectivity index (χ1n) is 6.04. The molecule has 20 heavy (non-hydrogen) atoms. The monoisotopic (exact) mass is 286 g/mol. The minimum Gasteiger partial charge on any atom is -0.289 e. The Labute approximate surface area is 118 Å². The topological polar surface area (TPSA) is 51.2 Å². The summed E-state index contributed by atoms with van der Waals surface area (Å²) in [7, 11) is -3.14. The van der Waals surface area contributed by atoms with Crippen LogP contribution in [0.3, 0.4) is 0 Å². The highest BCUT2D eigenvalue weighted by Gasteiger charge is 2.07. The van der Waals surface area contributed by atoms with Gasteiger partial charge in [0, 0.05) is 22.8 Å². The van der Waals surface area contributed by atoms with Crippen molar-refractivity contribution in [2.75, 3.05) is 6.26 Å². The molecule has 0 aliphatic rings. The van der Waals surface area contributed by atoms with E-state index < -0.39 is 9.84 Å². The lowest BCUT2D eigenvalue weighted by Crippen LogP contribution is -2.00. The van der Waals surface area contributed by atoms with Crippen molar-refractivity contribution >= 4 is 21.7 Å². The van der Waals surface area contributed by atoms with Crippen molar-refractivity contribution in [2.24, 2.45) is 0 Å². The zero-order chi connectivity index (χ0) is 14.6. The molecule has 0 fully saturated rings. The highest BCUT2D eigenvalue weighted by atomic mass is 32.2. The van der Waals surface area contributed by atoms with Crippen molar-refractivity contribution in [3.63, 3.8) is 0 Å². The molecule has 0 aliphatic heterocycles. The molecule has 0 saturated heterocycles. The summed E-state index contributed by atoms with van der Waals surface area (Å²) in [4.78, 5) is 12.2. The molecule has 0 bridgehead atoms. The molecule has 2 rings (SSSR count). The molecule has 4 heteroatoms. The molecule has 0 amide bonds. The van der Waals surface area contributed by atoms with Crippen molar-refractivity contribution in [2.45, 2.75) is 0 Å². The van der Waals surface area contributed by atoms with Gasteiger partial charge in [-0.3, -0.25) is 4.79 Å². The first-order valence-corrected chi connectivity index (χ1v) is 7.99. The lowest BCUT2D eigenvalue weighted by Gasteiger charge is -2.01. The summed E-state index contributed by atoms with van der Waals surface area (Å²) in [5, 5.41) is 1.14. The van der Waals surface area contributed by atoms with E-state index >= 15 is 0 Å². The van der Waals surface area contributed by atoms with Crippen molar-refractivity contribution in [1.82, 2.24) is 0 Å². The van der Waals surface area contributed by atoms with E-state index in [-0.39, 0.29) is 5.78 Å². The van der Waals surface area contributed by atoms with Crippen molar-refractivity contribution in [3.05, 3.63) is 76.7 Å². The number of sulfone groups is 1. The molecule has 0 atom stereocenters. The summed E-state index contributed by atoms with van der Waals surface area (Å²) in [5.41, 5.74) is 1.94. The summed E-state index contributed by atoms with van der Waals surface area (Å²) in [5.74, 6) is -0.0516. The normalized spacial score (nSPS) is 11.7. The maximum Gasteiger partial charge on any atom is 0.193 e. The third-order valence-corrected chi connectivity index (χ3v) is 3.35. The fourth-order valence-electron chi connectivity index (χ4n) is 1.70. The van der Waals surface area contributed by atoms with Gasteiger partial charge in [0.2, 0.25) is 0 Å². The van der Waals surface area contributed by atoms with Crippen LogP contribution in [0.5, 0.6) is 0 Å². The minimum atomic E-state index is -3.14. The molecule has 3 nitrogen and oxygen atoms in total. The van der Waals surface area contributed by atoms with Crippen LogP contribution in [0.15, 0.2) is 60.0 Å². The molecule has 0 aliphatic carbocycles. The van der Waals surface area contributed by atoms with Crippen LogP contribution in [0.4, 0.5) is 0 Å². The van der Waals surface area contributed by atoms with Crippen LogP contribution in [0.1, 0.15) is 21.5 Å². The zero-order valence-electron chi connectivity index (χ0n) is 11.0. The van der Waals surface area contributed by atoms with E-state index in [0.717, 1.165) is 17.2 Å². The predicted octanol–water partition coefficient (Wildman–Crippen LogP) is 2.93. The predicted molar refractivity (Wildman–Crippen MR) is 80.2 cm³/mol. The molecule has 102 valence electrons. The smallest absolute Gasteiger partial charge is 0.193 e. The van der Waals surface area contributed by atoms with Crippen molar-refractivity contribution < 1.29 is 13.2 Å². The molecule has 0 saturated carbocycles. The average Bonchev–Trinajstić information content (AvgIpc) is 2.45. The first kappa shape index (κ1) is 14.2. The second kappa shape index (κ2) is 5.84. The summed E-state index contributed by atoms with van der Waals surface area (Å²) in [6.45, 7) is 0. The number of carbonyl (C=O) groups is 1. The van der Waals surface area contributed by atoms with Gasteiger partial charge < -0.3 is 0 Å². The van der Waals surface area contributed by atoms with E-state index in [1.807, 2.05) is 18.2 Å². The summed E-state index contributed by atoms with van der Waals surface area (Å²) in [6, 6.07) is 15.8. The second-order valence-corrected chi connectivity index (χ2v) is 6.38. The summed E-state index contributed by atoms with van der Waals surface area (Å²) >= 11 is 0. The SMILES string of the molecule is CS(=O)(=O)C=Cc1ccc(C(=O)c2ccccc2)cc1. The number of carbonyl (C=O) groups excluding carboxylic acids is 1. The van der Waals surface area contributed by atoms with Gasteiger partial charge in [0.25, 0.3) is 0 Å². The minimum absolute atomic E-state index is 0.0516. The Morgan fingerprint density at radius 2 is 1.45 bits per heavy atom. The molecule has 0 heterocycles. The third-order valence-electron chi connectivity index (χ3n) is 2.72. The van der Waals surface area contributed by atoms with Gasteiger partial charge in [0.1, 0.15) is 0 Å². The molecule has 0 radical (unpaired) electrons. The molecular weight excluding hydrogens is 272 g/mol. The van der Waals surface area contributed by atoms with Crippen LogP contribution >= 0.6 is 0 Å². The van der Waals surface area contributed by atoms with Gasteiger partial charge in [0.05, 0.1) is 0 Å². The third kappa shape index (κ3) is 3.90. The fourth-order valence-corrected chi connectivity index (χ4v) is 2.11. The van der Waals surface area contributed by atoms with Gasteiger partial charge in [0.15, 0.2) is 15.6 Å². The fraction of sp³-hybridized carbons (Fsp3) is 0.0625. The molecule has 0 aromatic heterocycles. The van der Waals surface area contributed by atoms with E-state index in [2.05, 4.69) is 0 Å². The quantitative estimate of drug-likeness (QED) is 0.812. The maximum atomic E-state index is 12.2. The van der Waals surface area contributed by atoms with Crippen LogP contribution in [0.2, 0.25) is 0 Å². The summed E-state index contributed by atoms with van der Waals surface area (Å²) < 4.78 is 22.0. The van der Waals surface area contributed by atoms with Crippen molar-refractivity contribution in [3.8, 4) is 0 Å². The number of rotatable bonds is 4. The number of ketones is 1.